The molecule has 7 nitrogen and oxygen atoms in total. The molecule has 0 aliphatic carbocycles. The lowest BCUT2D eigenvalue weighted by molar-refractivity contribution is -0.125. The molecule has 4 rings (SSSR count). The number of amides is 1. The molecule has 1 N–H and O–H groups in total. The van der Waals surface area contributed by atoms with Gasteiger partial charge in [-0.3, -0.25) is 4.79 Å². The van der Waals surface area contributed by atoms with E-state index in [0.29, 0.717) is 48.2 Å². The van der Waals surface area contributed by atoms with E-state index in [1.165, 1.54) is 0 Å². The van der Waals surface area contributed by atoms with Gasteiger partial charge in [-0.25, -0.2) is 0 Å². The van der Waals surface area contributed by atoms with Crippen molar-refractivity contribution in [2.45, 2.75) is 39.2 Å². The molecule has 8 heteroatoms. The fourth-order valence-corrected chi connectivity index (χ4v) is 5.67. The van der Waals surface area contributed by atoms with Crippen LogP contribution in [0.3, 0.4) is 0 Å². The minimum Gasteiger partial charge on any atom is -0.381 e. The number of amidine groups is 1. The van der Waals surface area contributed by atoms with Gasteiger partial charge < -0.3 is 15.0 Å². The summed E-state index contributed by atoms with van der Waals surface area (Å²) in [6, 6.07) is 7.59. The second-order valence-corrected chi connectivity index (χ2v) is 9.58. The molecule has 2 fully saturated rings. The van der Waals surface area contributed by atoms with E-state index in [0.717, 1.165) is 24.8 Å². The summed E-state index contributed by atoms with van der Waals surface area (Å²) in [4.78, 5) is 14.6. The van der Waals surface area contributed by atoms with Gasteiger partial charge in [0.25, 0.3) is 10.0 Å². The molecule has 0 saturated carbocycles. The zero-order valence-corrected chi connectivity index (χ0v) is 17.7. The standard InChI is InChI=1S/C21H27N3O4S/c1-14-3-5-16(6-4-14)19-15(2)20(23-29(19,26)27)24-10-7-18(8-11-24)22-21(25)17-9-12-28-13-17/h3-6,17-18H,7-13H2,1-2H3,(H,22,25)/t17-/m1/s1. The van der Waals surface area contributed by atoms with Gasteiger partial charge in [-0.2, -0.15) is 8.42 Å². The molecular weight excluding hydrogens is 390 g/mol. The Hall–Kier alpha value is -2.19. The molecule has 156 valence electrons. The Bertz CT molecular complexity index is 952. The van der Waals surface area contributed by atoms with Crippen LogP contribution in [0.2, 0.25) is 0 Å². The Kier molecular flexibility index (Phi) is 5.48. The lowest BCUT2D eigenvalue weighted by Gasteiger charge is -2.34. The predicted molar refractivity (Wildman–Crippen MR) is 112 cm³/mol. The van der Waals surface area contributed by atoms with E-state index >= 15 is 0 Å². The summed E-state index contributed by atoms with van der Waals surface area (Å²) in [5.74, 6) is 0.564. The van der Waals surface area contributed by atoms with Gasteiger partial charge in [-0.15, -0.1) is 4.40 Å². The number of rotatable bonds is 3. The number of piperidine rings is 1. The Morgan fingerprint density at radius 3 is 2.45 bits per heavy atom. The van der Waals surface area contributed by atoms with E-state index < -0.39 is 10.0 Å². The second-order valence-electron chi connectivity index (χ2n) is 8.04. The number of hydrogen-bond acceptors (Lipinski definition) is 5. The maximum Gasteiger partial charge on any atom is 0.285 e. The van der Waals surface area contributed by atoms with E-state index in [1.54, 1.807) is 0 Å². The van der Waals surface area contributed by atoms with Crippen molar-refractivity contribution in [3.05, 3.63) is 41.0 Å². The molecule has 0 bridgehead atoms. The van der Waals surface area contributed by atoms with Gasteiger partial charge in [0.1, 0.15) is 10.7 Å². The summed E-state index contributed by atoms with van der Waals surface area (Å²) in [6.07, 6.45) is 2.32. The fraction of sp³-hybridized carbons (Fsp3) is 0.524. The van der Waals surface area contributed by atoms with Crippen LogP contribution in [-0.4, -0.2) is 57.4 Å². The van der Waals surface area contributed by atoms with Gasteiger partial charge in [0.2, 0.25) is 5.91 Å². The molecule has 0 spiro atoms. The van der Waals surface area contributed by atoms with Gasteiger partial charge in [0, 0.05) is 31.3 Å². The number of ether oxygens (including phenoxy) is 1. The normalized spacial score (nSPS) is 24.7. The highest BCUT2D eigenvalue weighted by Crippen LogP contribution is 2.34. The third-order valence-electron chi connectivity index (χ3n) is 5.90. The van der Waals surface area contributed by atoms with Crippen molar-refractivity contribution >= 4 is 26.7 Å². The highest BCUT2D eigenvalue weighted by Gasteiger charge is 2.35. The van der Waals surface area contributed by atoms with E-state index in [2.05, 4.69) is 9.71 Å². The topological polar surface area (TPSA) is 88.1 Å². The van der Waals surface area contributed by atoms with Crippen LogP contribution in [0.4, 0.5) is 0 Å². The van der Waals surface area contributed by atoms with Crippen molar-refractivity contribution in [1.82, 2.24) is 10.2 Å². The summed E-state index contributed by atoms with van der Waals surface area (Å²) in [7, 11) is -3.70. The first-order valence-corrected chi connectivity index (χ1v) is 11.6. The smallest absolute Gasteiger partial charge is 0.285 e. The molecule has 3 aliphatic rings. The zero-order valence-electron chi connectivity index (χ0n) is 16.8. The molecule has 3 aliphatic heterocycles. The molecule has 1 amide bonds. The quantitative estimate of drug-likeness (QED) is 0.814. The number of aryl methyl sites for hydroxylation is 1. The Balaban J connectivity index is 1.44. The number of nitrogens with zero attached hydrogens (tertiary/aromatic N) is 2. The van der Waals surface area contributed by atoms with E-state index in [9.17, 15) is 13.2 Å². The average Bonchev–Trinajstić information content (AvgIpc) is 3.30. The zero-order chi connectivity index (χ0) is 20.6. The monoisotopic (exact) mass is 417 g/mol. The number of benzene rings is 1. The van der Waals surface area contributed by atoms with Crippen molar-refractivity contribution in [2.75, 3.05) is 26.3 Å². The molecule has 0 unspecified atom stereocenters. The molecule has 29 heavy (non-hydrogen) atoms. The molecule has 0 aromatic heterocycles. The lowest BCUT2D eigenvalue weighted by atomic mass is 10.0. The van der Waals surface area contributed by atoms with E-state index in [-0.39, 0.29) is 17.9 Å². The third-order valence-corrected chi connectivity index (χ3v) is 7.37. The lowest BCUT2D eigenvalue weighted by Crippen LogP contribution is -2.48. The number of sulfonamides is 1. The van der Waals surface area contributed by atoms with Crippen molar-refractivity contribution in [3.8, 4) is 0 Å². The average molecular weight is 418 g/mol. The largest absolute Gasteiger partial charge is 0.381 e. The molecule has 0 radical (unpaired) electrons. The van der Waals surface area contributed by atoms with Crippen LogP contribution in [0.15, 0.2) is 34.2 Å². The van der Waals surface area contributed by atoms with Crippen LogP contribution >= 0.6 is 0 Å². The van der Waals surface area contributed by atoms with Crippen LogP contribution in [0.25, 0.3) is 4.91 Å². The first-order valence-electron chi connectivity index (χ1n) is 10.1. The minimum absolute atomic E-state index is 0.0420. The van der Waals surface area contributed by atoms with Crippen molar-refractivity contribution in [3.63, 3.8) is 0 Å². The first kappa shape index (κ1) is 20.1. The van der Waals surface area contributed by atoms with Crippen molar-refractivity contribution in [2.24, 2.45) is 10.3 Å². The summed E-state index contributed by atoms with van der Waals surface area (Å²) < 4.78 is 34.8. The minimum atomic E-state index is -3.70. The fourth-order valence-electron chi connectivity index (χ4n) is 4.18. The highest BCUT2D eigenvalue weighted by molar-refractivity contribution is 8.00. The van der Waals surface area contributed by atoms with Crippen LogP contribution in [0.1, 0.15) is 37.3 Å². The molecule has 1 aromatic rings. The maximum absolute atomic E-state index is 12.7. The Labute approximate surface area is 171 Å². The van der Waals surface area contributed by atoms with Crippen molar-refractivity contribution in [1.29, 1.82) is 0 Å². The molecule has 2 saturated heterocycles. The van der Waals surface area contributed by atoms with Crippen LogP contribution < -0.4 is 5.32 Å². The van der Waals surface area contributed by atoms with E-state index in [1.807, 2.05) is 43.0 Å². The number of nitrogens with one attached hydrogen (secondary N) is 1. The first-order chi connectivity index (χ1) is 13.8. The summed E-state index contributed by atoms with van der Waals surface area (Å²) in [5.41, 5.74) is 2.45. The second kappa shape index (κ2) is 7.91. The van der Waals surface area contributed by atoms with Crippen molar-refractivity contribution < 1.29 is 17.9 Å². The van der Waals surface area contributed by atoms with E-state index in [4.69, 9.17) is 4.74 Å². The summed E-state index contributed by atoms with van der Waals surface area (Å²) in [6.45, 7) is 6.29. The molecule has 1 aromatic carbocycles. The summed E-state index contributed by atoms with van der Waals surface area (Å²) >= 11 is 0. The SMILES string of the molecule is CC1=C(c2ccc(C)cc2)S(=O)(=O)N=C1N1CCC(NC(=O)[C@@H]2CCOC2)CC1. The van der Waals surface area contributed by atoms with Gasteiger partial charge in [-0.05, 0) is 38.7 Å². The highest BCUT2D eigenvalue weighted by atomic mass is 32.2. The number of carbonyl (C=O) groups excluding carboxylic acids is 1. The van der Waals surface area contributed by atoms with Gasteiger partial charge >= 0.3 is 0 Å². The maximum atomic E-state index is 12.7. The molecular formula is C21H27N3O4S. The van der Waals surface area contributed by atoms with Crippen LogP contribution in [0.5, 0.6) is 0 Å². The molecule has 3 heterocycles. The van der Waals surface area contributed by atoms with Crippen LogP contribution in [-0.2, 0) is 19.6 Å². The number of carbonyl (C=O) groups is 1. The number of likely N-dealkylation sites (tertiary alicyclic amines) is 1. The van der Waals surface area contributed by atoms with Gasteiger partial charge in [0.05, 0.1) is 12.5 Å². The van der Waals surface area contributed by atoms with Crippen LogP contribution in [0, 0.1) is 12.8 Å². The Morgan fingerprint density at radius 2 is 1.83 bits per heavy atom. The predicted octanol–water partition coefficient (Wildman–Crippen LogP) is 2.09. The summed E-state index contributed by atoms with van der Waals surface area (Å²) in [5, 5.41) is 3.12. The van der Waals surface area contributed by atoms with Gasteiger partial charge in [-0.1, -0.05) is 29.8 Å². The number of hydrogen-bond donors (Lipinski definition) is 1. The third kappa shape index (κ3) is 4.09. The molecule has 1 atom stereocenters. The Morgan fingerprint density at radius 1 is 1.14 bits per heavy atom. The van der Waals surface area contributed by atoms with Gasteiger partial charge in [0.15, 0.2) is 0 Å².